The lowest BCUT2D eigenvalue weighted by molar-refractivity contribution is 0.226. The molecule has 21 heavy (non-hydrogen) atoms. The Hall–Kier alpha value is -1.62. The largest absolute Gasteiger partial charge is 0.396 e. The highest BCUT2D eigenvalue weighted by Crippen LogP contribution is 2.34. The van der Waals surface area contributed by atoms with Crippen molar-refractivity contribution in [1.29, 1.82) is 0 Å². The first-order valence-electron chi connectivity index (χ1n) is 7.53. The van der Waals surface area contributed by atoms with Crippen molar-refractivity contribution in [2.45, 2.75) is 50.6 Å². The van der Waals surface area contributed by atoms with E-state index in [0.717, 1.165) is 24.8 Å². The quantitative estimate of drug-likeness (QED) is 0.781. The summed E-state index contributed by atoms with van der Waals surface area (Å²) in [5, 5.41) is 14.7. The predicted octanol–water partition coefficient (Wildman–Crippen LogP) is 2.53. The molecular formula is C16H23FN2O2. The average Bonchev–Trinajstić information content (AvgIpc) is 2.87. The monoisotopic (exact) mass is 294 g/mol. The van der Waals surface area contributed by atoms with Gasteiger partial charge in [-0.25, -0.2) is 9.18 Å². The van der Waals surface area contributed by atoms with Crippen molar-refractivity contribution >= 4 is 6.03 Å². The lowest BCUT2D eigenvalue weighted by atomic mass is 9.94. The van der Waals surface area contributed by atoms with E-state index in [1.807, 2.05) is 6.92 Å². The number of aliphatic hydroxyl groups excluding tert-OH is 1. The number of hydrogen-bond acceptors (Lipinski definition) is 2. The summed E-state index contributed by atoms with van der Waals surface area (Å²) in [4.78, 5) is 12.0. The molecule has 1 saturated carbocycles. The van der Waals surface area contributed by atoms with E-state index in [1.165, 1.54) is 12.1 Å². The second-order valence-electron chi connectivity index (χ2n) is 5.73. The van der Waals surface area contributed by atoms with E-state index in [1.54, 1.807) is 12.1 Å². The van der Waals surface area contributed by atoms with Crippen molar-refractivity contribution in [3.05, 3.63) is 35.6 Å². The Bertz CT molecular complexity index is 464. The molecular weight excluding hydrogens is 271 g/mol. The Labute approximate surface area is 124 Å². The van der Waals surface area contributed by atoms with Gasteiger partial charge in [0.05, 0.1) is 0 Å². The van der Waals surface area contributed by atoms with Gasteiger partial charge in [0.25, 0.3) is 0 Å². The molecule has 1 fully saturated rings. The van der Waals surface area contributed by atoms with Gasteiger partial charge in [-0.3, -0.25) is 0 Å². The highest BCUT2D eigenvalue weighted by atomic mass is 19.1. The molecule has 116 valence electrons. The van der Waals surface area contributed by atoms with Gasteiger partial charge in [-0.2, -0.15) is 0 Å². The van der Waals surface area contributed by atoms with E-state index in [0.29, 0.717) is 6.42 Å². The second-order valence-corrected chi connectivity index (χ2v) is 5.73. The Balaban J connectivity index is 1.92. The Morgan fingerprint density at radius 1 is 1.38 bits per heavy atom. The highest BCUT2D eigenvalue weighted by molar-refractivity contribution is 5.74. The minimum Gasteiger partial charge on any atom is -0.396 e. The summed E-state index contributed by atoms with van der Waals surface area (Å²) in [6, 6.07) is 6.35. The van der Waals surface area contributed by atoms with E-state index in [9.17, 15) is 9.18 Å². The number of halogens is 1. The molecule has 2 amide bonds. The summed E-state index contributed by atoms with van der Waals surface area (Å²) in [6.07, 6.45) is 3.53. The van der Waals surface area contributed by atoms with Gasteiger partial charge in [0.1, 0.15) is 5.82 Å². The molecule has 1 aliphatic rings. The highest BCUT2D eigenvalue weighted by Gasteiger charge is 2.29. The number of hydrogen-bond donors (Lipinski definition) is 3. The Morgan fingerprint density at radius 2 is 2.10 bits per heavy atom. The molecule has 1 aromatic carbocycles. The van der Waals surface area contributed by atoms with Crippen LogP contribution in [0.3, 0.4) is 0 Å². The summed E-state index contributed by atoms with van der Waals surface area (Å²) in [6.45, 7) is 1.92. The molecule has 1 aliphatic carbocycles. The summed E-state index contributed by atoms with van der Waals surface area (Å²) in [5.41, 5.74) is 1.07. The standard InChI is InChI=1S/C16H23FN2O2/c1-11(9-10-20)18-16(21)19-15-4-2-3-14(15)12-5-7-13(17)8-6-12/h5-8,11,14-15,20H,2-4,9-10H2,1H3,(H2,18,19,21)/t11-,14?,15?/m1/s1. The van der Waals surface area contributed by atoms with Crippen LogP contribution >= 0.6 is 0 Å². The molecule has 4 nitrogen and oxygen atoms in total. The fraction of sp³-hybridized carbons (Fsp3) is 0.562. The maximum Gasteiger partial charge on any atom is 0.315 e. The van der Waals surface area contributed by atoms with Crippen LogP contribution in [0.15, 0.2) is 24.3 Å². The van der Waals surface area contributed by atoms with Crippen molar-refractivity contribution < 1.29 is 14.3 Å². The smallest absolute Gasteiger partial charge is 0.315 e. The van der Waals surface area contributed by atoms with Crippen molar-refractivity contribution in [2.24, 2.45) is 0 Å². The minimum atomic E-state index is -0.239. The van der Waals surface area contributed by atoms with Gasteiger partial charge in [-0.15, -0.1) is 0 Å². The van der Waals surface area contributed by atoms with Gasteiger partial charge in [0.15, 0.2) is 0 Å². The zero-order chi connectivity index (χ0) is 15.2. The third kappa shape index (κ3) is 4.43. The molecule has 0 radical (unpaired) electrons. The number of carbonyl (C=O) groups is 1. The lowest BCUT2D eigenvalue weighted by Crippen LogP contribution is -2.46. The Kier molecular flexibility index (Phi) is 5.56. The molecule has 0 aromatic heterocycles. The first-order chi connectivity index (χ1) is 10.1. The van der Waals surface area contributed by atoms with Gasteiger partial charge < -0.3 is 15.7 Å². The first kappa shape index (κ1) is 15.8. The molecule has 5 heteroatoms. The second kappa shape index (κ2) is 7.41. The van der Waals surface area contributed by atoms with Crippen LogP contribution in [0.25, 0.3) is 0 Å². The third-order valence-corrected chi connectivity index (χ3v) is 4.07. The Morgan fingerprint density at radius 3 is 2.76 bits per heavy atom. The molecule has 0 heterocycles. The van der Waals surface area contributed by atoms with E-state index >= 15 is 0 Å². The number of benzene rings is 1. The van der Waals surface area contributed by atoms with Crippen molar-refractivity contribution in [3.8, 4) is 0 Å². The predicted molar refractivity (Wildman–Crippen MR) is 79.6 cm³/mol. The molecule has 2 unspecified atom stereocenters. The van der Waals surface area contributed by atoms with Crippen LogP contribution in [-0.4, -0.2) is 29.8 Å². The van der Waals surface area contributed by atoms with Gasteiger partial charge in [0.2, 0.25) is 0 Å². The molecule has 0 aliphatic heterocycles. The van der Waals surface area contributed by atoms with Crippen LogP contribution in [-0.2, 0) is 0 Å². The van der Waals surface area contributed by atoms with Crippen LogP contribution in [0.1, 0.15) is 44.1 Å². The SMILES string of the molecule is C[C@H](CCO)NC(=O)NC1CCCC1c1ccc(F)cc1. The van der Waals surface area contributed by atoms with Crippen molar-refractivity contribution in [1.82, 2.24) is 10.6 Å². The number of nitrogens with one attached hydrogen (secondary N) is 2. The molecule has 1 aromatic rings. The van der Waals surface area contributed by atoms with Gasteiger partial charge in [-0.1, -0.05) is 18.6 Å². The summed E-state index contributed by atoms with van der Waals surface area (Å²) >= 11 is 0. The maximum absolute atomic E-state index is 13.0. The first-order valence-corrected chi connectivity index (χ1v) is 7.53. The van der Waals surface area contributed by atoms with Crippen LogP contribution in [0.5, 0.6) is 0 Å². The van der Waals surface area contributed by atoms with Crippen molar-refractivity contribution in [3.63, 3.8) is 0 Å². The maximum atomic E-state index is 13.0. The van der Waals surface area contributed by atoms with E-state index in [-0.39, 0.29) is 36.5 Å². The lowest BCUT2D eigenvalue weighted by Gasteiger charge is -2.23. The van der Waals surface area contributed by atoms with Gasteiger partial charge >= 0.3 is 6.03 Å². The number of urea groups is 1. The van der Waals surface area contributed by atoms with Crippen LogP contribution in [0.4, 0.5) is 9.18 Å². The molecule has 2 rings (SSSR count). The topological polar surface area (TPSA) is 61.4 Å². The fourth-order valence-electron chi connectivity index (χ4n) is 2.94. The third-order valence-electron chi connectivity index (χ3n) is 4.07. The summed E-state index contributed by atoms with van der Waals surface area (Å²) in [7, 11) is 0. The molecule has 3 N–H and O–H groups in total. The fourth-order valence-corrected chi connectivity index (χ4v) is 2.94. The van der Waals surface area contributed by atoms with E-state index in [4.69, 9.17) is 5.11 Å². The van der Waals surface area contributed by atoms with Gasteiger partial charge in [0, 0.05) is 24.6 Å². The van der Waals surface area contributed by atoms with Crippen molar-refractivity contribution in [2.75, 3.05) is 6.61 Å². The zero-order valence-electron chi connectivity index (χ0n) is 12.3. The summed E-state index contributed by atoms with van der Waals surface area (Å²) in [5.74, 6) is 0.00123. The number of aliphatic hydroxyl groups is 1. The number of rotatable bonds is 5. The van der Waals surface area contributed by atoms with Crippen LogP contribution in [0.2, 0.25) is 0 Å². The van der Waals surface area contributed by atoms with E-state index in [2.05, 4.69) is 10.6 Å². The van der Waals surface area contributed by atoms with Crippen LogP contribution < -0.4 is 10.6 Å². The van der Waals surface area contributed by atoms with Gasteiger partial charge in [-0.05, 0) is 43.9 Å². The molecule has 3 atom stereocenters. The average molecular weight is 294 g/mol. The zero-order valence-corrected chi connectivity index (χ0v) is 12.3. The van der Waals surface area contributed by atoms with Crippen LogP contribution in [0, 0.1) is 5.82 Å². The number of amides is 2. The summed E-state index contributed by atoms with van der Waals surface area (Å²) < 4.78 is 13.0. The molecule has 0 bridgehead atoms. The minimum absolute atomic E-state index is 0.0549. The molecule has 0 spiro atoms. The normalized spacial score (nSPS) is 22.8. The number of carbonyl (C=O) groups excluding carboxylic acids is 1. The molecule has 0 saturated heterocycles. The van der Waals surface area contributed by atoms with E-state index < -0.39 is 0 Å².